The van der Waals surface area contributed by atoms with Gasteiger partial charge in [-0.15, -0.1) is 0 Å². The fourth-order valence-corrected chi connectivity index (χ4v) is 2.84. The second kappa shape index (κ2) is 7.81. The Balaban J connectivity index is 1.86. The second-order valence-electron chi connectivity index (χ2n) is 5.38. The zero-order valence-electron chi connectivity index (χ0n) is 12.4. The van der Waals surface area contributed by atoms with Crippen molar-refractivity contribution in [1.29, 1.82) is 0 Å². The van der Waals surface area contributed by atoms with Gasteiger partial charge in [-0.1, -0.05) is 29.3 Å². The number of hydrogen-bond acceptors (Lipinski definition) is 3. The number of para-hydroxylation sites is 1. The minimum Gasteiger partial charge on any atom is -0.335 e. The highest BCUT2D eigenvalue weighted by molar-refractivity contribution is 6.39. The fraction of sp³-hybridized carbons (Fsp3) is 0.467. The minimum atomic E-state index is -0.327. The van der Waals surface area contributed by atoms with Gasteiger partial charge in [0.2, 0.25) is 11.8 Å². The van der Waals surface area contributed by atoms with Crippen LogP contribution in [0.5, 0.6) is 0 Å². The Morgan fingerprint density at radius 2 is 1.82 bits per heavy atom. The topological polar surface area (TPSA) is 52.7 Å². The molecule has 1 aliphatic rings. The van der Waals surface area contributed by atoms with Crippen LogP contribution in [0, 0.1) is 0 Å². The van der Waals surface area contributed by atoms with E-state index < -0.39 is 0 Å². The van der Waals surface area contributed by atoms with Gasteiger partial charge in [0.15, 0.2) is 0 Å². The molecule has 1 aromatic carbocycles. The molecular weight excluding hydrogens is 325 g/mol. The van der Waals surface area contributed by atoms with Gasteiger partial charge in [0.25, 0.3) is 0 Å². The standard InChI is InChI=1S/C15H19Cl2N3O2/c1-19(14(22)10-20-7-2-3-8-20)9-13(21)18-15-11(16)5-4-6-12(15)17/h4-6H,2-3,7-10H2,1H3,(H,18,21). The molecule has 1 fully saturated rings. The molecule has 0 bridgehead atoms. The largest absolute Gasteiger partial charge is 0.335 e. The molecule has 0 unspecified atom stereocenters. The van der Waals surface area contributed by atoms with E-state index >= 15 is 0 Å². The summed E-state index contributed by atoms with van der Waals surface area (Å²) in [7, 11) is 1.62. The van der Waals surface area contributed by atoms with Gasteiger partial charge in [-0.05, 0) is 38.1 Å². The Labute approximate surface area is 140 Å². The van der Waals surface area contributed by atoms with Crippen molar-refractivity contribution >= 4 is 40.7 Å². The van der Waals surface area contributed by atoms with Gasteiger partial charge in [0.1, 0.15) is 0 Å². The lowest BCUT2D eigenvalue weighted by Gasteiger charge is -2.21. The summed E-state index contributed by atoms with van der Waals surface area (Å²) < 4.78 is 0. The zero-order valence-corrected chi connectivity index (χ0v) is 14.0. The van der Waals surface area contributed by atoms with Crippen molar-refractivity contribution in [3.63, 3.8) is 0 Å². The maximum Gasteiger partial charge on any atom is 0.244 e. The zero-order chi connectivity index (χ0) is 16.1. The summed E-state index contributed by atoms with van der Waals surface area (Å²) in [5, 5.41) is 3.38. The first-order chi connectivity index (χ1) is 10.5. The molecule has 0 aliphatic carbocycles. The molecule has 0 spiro atoms. The van der Waals surface area contributed by atoms with E-state index in [1.165, 1.54) is 4.90 Å². The number of carbonyl (C=O) groups excluding carboxylic acids is 2. The van der Waals surface area contributed by atoms with Crippen molar-refractivity contribution in [1.82, 2.24) is 9.80 Å². The Morgan fingerprint density at radius 1 is 1.23 bits per heavy atom. The summed E-state index contributed by atoms with van der Waals surface area (Å²) in [6.07, 6.45) is 2.25. The van der Waals surface area contributed by atoms with Gasteiger partial charge < -0.3 is 10.2 Å². The number of halogens is 2. The highest BCUT2D eigenvalue weighted by atomic mass is 35.5. The second-order valence-corrected chi connectivity index (χ2v) is 6.19. The molecule has 7 heteroatoms. The quantitative estimate of drug-likeness (QED) is 0.893. The van der Waals surface area contributed by atoms with Crippen LogP contribution < -0.4 is 5.32 Å². The number of rotatable bonds is 5. The molecule has 1 saturated heterocycles. The predicted molar refractivity (Wildman–Crippen MR) is 88.4 cm³/mol. The number of amides is 2. The van der Waals surface area contributed by atoms with E-state index in [2.05, 4.69) is 10.2 Å². The average Bonchev–Trinajstić information content (AvgIpc) is 2.96. The highest BCUT2D eigenvalue weighted by Crippen LogP contribution is 2.29. The average molecular weight is 344 g/mol. The monoisotopic (exact) mass is 343 g/mol. The lowest BCUT2D eigenvalue weighted by atomic mass is 10.3. The molecule has 1 heterocycles. The van der Waals surface area contributed by atoms with Crippen molar-refractivity contribution in [2.24, 2.45) is 0 Å². The van der Waals surface area contributed by atoms with E-state index in [-0.39, 0.29) is 18.4 Å². The van der Waals surface area contributed by atoms with E-state index in [0.717, 1.165) is 25.9 Å². The third kappa shape index (κ3) is 4.60. The first-order valence-corrected chi connectivity index (χ1v) is 7.93. The van der Waals surface area contributed by atoms with E-state index in [0.29, 0.717) is 22.3 Å². The number of anilines is 1. The smallest absolute Gasteiger partial charge is 0.244 e. The molecule has 1 aliphatic heterocycles. The third-order valence-electron chi connectivity index (χ3n) is 3.59. The summed E-state index contributed by atoms with van der Waals surface area (Å²) in [5.74, 6) is -0.394. The van der Waals surface area contributed by atoms with Crippen LogP contribution in [0.25, 0.3) is 0 Å². The van der Waals surface area contributed by atoms with Gasteiger partial charge in [-0.2, -0.15) is 0 Å². The Hall–Kier alpha value is -1.30. The first-order valence-electron chi connectivity index (χ1n) is 7.17. The normalized spacial score (nSPS) is 14.9. The molecule has 1 N–H and O–H groups in total. The molecule has 22 heavy (non-hydrogen) atoms. The van der Waals surface area contributed by atoms with Crippen LogP contribution in [0.15, 0.2) is 18.2 Å². The minimum absolute atomic E-state index is 0.0335. The van der Waals surface area contributed by atoms with E-state index in [1.54, 1.807) is 25.2 Å². The van der Waals surface area contributed by atoms with E-state index in [9.17, 15) is 9.59 Å². The summed E-state index contributed by atoms with van der Waals surface area (Å²) in [6, 6.07) is 4.99. The number of carbonyl (C=O) groups is 2. The van der Waals surface area contributed by atoms with Crippen LogP contribution in [-0.2, 0) is 9.59 Å². The lowest BCUT2D eigenvalue weighted by Crippen LogP contribution is -2.40. The number of nitrogens with one attached hydrogen (secondary N) is 1. The van der Waals surface area contributed by atoms with Gasteiger partial charge in [-0.3, -0.25) is 14.5 Å². The molecule has 2 rings (SSSR count). The Morgan fingerprint density at radius 3 is 2.41 bits per heavy atom. The van der Waals surface area contributed by atoms with Gasteiger partial charge in [0.05, 0.1) is 28.8 Å². The maximum atomic E-state index is 12.1. The van der Waals surface area contributed by atoms with Crippen molar-refractivity contribution in [2.45, 2.75) is 12.8 Å². The Bertz CT molecular complexity index is 539. The number of hydrogen-bond donors (Lipinski definition) is 1. The summed E-state index contributed by atoms with van der Waals surface area (Å²) in [5.41, 5.74) is 0.372. The molecule has 5 nitrogen and oxygen atoms in total. The number of benzene rings is 1. The maximum absolute atomic E-state index is 12.1. The molecule has 2 amide bonds. The molecule has 0 aromatic heterocycles. The van der Waals surface area contributed by atoms with Crippen LogP contribution in [0.3, 0.4) is 0 Å². The van der Waals surface area contributed by atoms with E-state index in [4.69, 9.17) is 23.2 Å². The number of likely N-dealkylation sites (N-methyl/N-ethyl adjacent to an activating group) is 1. The number of likely N-dealkylation sites (tertiary alicyclic amines) is 1. The van der Waals surface area contributed by atoms with Gasteiger partial charge in [0, 0.05) is 7.05 Å². The predicted octanol–water partition coefficient (Wildman–Crippen LogP) is 2.49. The fourth-order valence-electron chi connectivity index (χ4n) is 2.35. The summed E-state index contributed by atoms with van der Waals surface area (Å²) in [4.78, 5) is 27.6. The van der Waals surface area contributed by atoms with Crippen LogP contribution in [-0.4, -0.2) is 54.8 Å². The molecule has 120 valence electrons. The summed E-state index contributed by atoms with van der Waals surface area (Å²) >= 11 is 12.0. The molecule has 0 saturated carbocycles. The van der Waals surface area contributed by atoms with Gasteiger partial charge >= 0.3 is 0 Å². The van der Waals surface area contributed by atoms with Crippen LogP contribution in [0.1, 0.15) is 12.8 Å². The van der Waals surface area contributed by atoms with Gasteiger partial charge in [-0.25, -0.2) is 0 Å². The highest BCUT2D eigenvalue weighted by Gasteiger charge is 2.19. The van der Waals surface area contributed by atoms with Crippen LogP contribution in [0.4, 0.5) is 5.69 Å². The van der Waals surface area contributed by atoms with Crippen molar-refractivity contribution in [2.75, 3.05) is 38.5 Å². The SMILES string of the molecule is CN(CC(=O)Nc1c(Cl)cccc1Cl)C(=O)CN1CCCC1. The lowest BCUT2D eigenvalue weighted by molar-refractivity contribution is -0.134. The first kappa shape index (κ1) is 17.1. The van der Waals surface area contributed by atoms with E-state index in [1.807, 2.05) is 0 Å². The van der Waals surface area contributed by atoms with Crippen molar-refractivity contribution in [3.05, 3.63) is 28.2 Å². The Kier molecular flexibility index (Phi) is 6.06. The van der Waals surface area contributed by atoms with Crippen LogP contribution >= 0.6 is 23.2 Å². The summed E-state index contributed by atoms with van der Waals surface area (Å²) in [6.45, 7) is 2.22. The molecule has 0 radical (unpaired) electrons. The van der Waals surface area contributed by atoms with Crippen LogP contribution in [0.2, 0.25) is 10.0 Å². The number of nitrogens with zero attached hydrogens (tertiary/aromatic N) is 2. The third-order valence-corrected chi connectivity index (χ3v) is 4.22. The molecule has 1 aromatic rings. The van der Waals surface area contributed by atoms with Crippen molar-refractivity contribution in [3.8, 4) is 0 Å². The molecule has 0 atom stereocenters. The molecular formula is C15H19Cl2N3O2. The van der Waals surface area contributed by atoms with Crippen molar-refractivity contribution < 1.29 is 9.59 Å².